The number of rotatable bonds is 4. The van der Waals surface area contributed by atoms with Crippen molar-refractivity contribution in [2.75, 3.05) is 5.32 Å². The highest BCUT2D eigenvalue weighted by Gasteiger charge is 2.04. The molecule has 1 heterocycles. The van der Waals surface area contributed by atoms with Crippen LogP contribution in [0.25, 0.3) is 0 Å². The Morgan fingerprint density at radius 1 is 1.50 bits per heavy atom. The monoisotopic (exact) mass is 307 g/mol. The largest absolute Gasteiger partial charge is 0.326 e. The van der Waals surface area contributed by atoms with E-state index in [0.29, 0.717) is 13.0 Å². The highest BCUT2D eigenvalue weighted by Crippen LogP contribution is 2.20. The molecule has 0 aliphatic heterocycles. The lowest BCUT2D eigenvalue weighted by Gasteiger charge is -2.07. The molecule has 0 aliphatic rings. The number of amides is 1. The molecule has 1 N–H and O–H groups in total. The fraction of sp³-hybridized carbons (Fsp3) is 0.231. The van der Waals surface area contributed by atoms with E-state index < -0.39 is 0 Å². The number of benzene rings is 1. The summed E-state index contributed by atoms with van der Waals surface area (Å²) in [4.78, 5) is 11.7. The van der Waals surface area contributed by atoms with Gasteiger partial charge in [0.2, 0.25) is 5.91 Å². The summed E-state index contributed by atoms with van der Waals surface area (Å²) < 4.78 is 2.73. The van der Waals surface area contributed by atoms with Crippen LogP contribution in [-0.4, -0.2) is 15.7 Å². The van der Waals surface area contributed by atoms with Gasteiger partial charge in [0, 0.05) is 35.5 Å². The summed E-state index contributed by atoms with van der Waals surface area (Å²) in [6.07, 6.45) is 3.96. The van der Waals surface area contributed by atoms with Gasteiger partial charge in [0.15, 0.2) is 0 Å². The predicted molar refractivity (Wildman–Crippen MR) is 74.4 cm³/mol. The number of aromatic nitrogens is 2. The summed E-state index contributed by atoms with van der Waals surface area (Å²) in [6.45, 7) is 2.60. The Hall–Kier alpha value is -1.62. The van der Waals surface area contributed by atoms with Gasteiger partial charge < -0.3 is 5.32 Å². The molecule has 0 bridgehead atoms. The molecule has 0 fully saturated rings. The minimum absolute atomic E-state index is 0.0127. The summed E-state index contributed by atoms with van der Waals surface area (Å²) in [5, 5.41) is 6.91. The van der Waals surface area contributed by atoms with Crippen molar-refractivity contribution in [1.29, 1.82) is 0 Å². The van der Waals surface area contributed by atoms with Crippen molar-refractivity contribution in [3.05, 3.63) is 46.7 Å². The van der Waals surface area contributed by atoms with Crippen molar-refractivity contribution < 1.29 is 4.79 Å². The molecular formula is C13H14BrN3O. The van der Waals surface area contributed by atoms with Crippen molar-refractivity contribution in [2.45, 2.75) is 19.9 Å². The number of carbonyl (C=O) groups is 1. The first-order chi connectivity index (χ1) is 8.65. The maximum absolute atomic E-state index is 11.7. The molecule has 5 heteroatoms. The van der Waals surface area contributed by atoms with Crippen LogP contribution in [0.2, 0.25) is 0 Å². The molecular weight excluding hydrogens is 294 g/mol. The van der Waals surface area contributed by atoms with Crippen LogP contribution in [0.5, 0.6) is 0 Å². The third-order valence-electron chi connectivity index (χ3n) is 2.58. The zero-order chi connectivity index (χ0) is 13.0. The normalized spacial score (nSPS) is 10.3. The van der Waals surface area contributed by atoms with Gasteiger partial charge in [-0.15, -0.1) is 0 Å². The molecule has 4 nitrogen and oxygen atoms in total. The van der Waals surface area contributed by atoms with Crippen LogP contribution in [0.4, 0.5) is 5.69 Å². The summed E-state index contributed by atoms with van der Waals surface area (Å²) >= 11 is 3.44. The van der Waals surface area contributed by atoms with Crippen LogP contribution in [0, 0.1) is 6.92 Å². The molecule has 1 amide bonds. The van der Waals surface area contributed by atoms with E-state index in [4.69, 9.17) is 0 Å². The van der Waals surface area contributed by atoms with E-state index in [-0.39, 0.29) is 5.91 Å². The minimum atomic E-state index is -0.0127. The number of halogens is 1. The third kappa shape index (κ3) is 3.43. The van der Waals surface area contributed by atoms with Gasteiger partial charge in [0.25, 0.3) is 0 Å². The summed E-state index contributed by atoms with van der Waals surface area (Å²) in [7, 11) is 0. The second-order valence-corrected chi connectivity index (χ2v) is 4.89. The van der Waals surface area contributed by atoms with Gasteiger partial charge >= 0.3 is 0 Å². The SMILES string of the molecule is Cc1ccc(NC(=O)CCn2cccn2)cc1Br. The van der Waals surface area contributed by atoms with Crippen LogP contribution in [0.1, 0.15) is 12.0 Å². The Balaban J connectivity index is 1.88. The Bertz CT molecular complexity index is 537. The van der Waals surface area contributed by atoms with Gasteiger partial charge in [-0.3, -0.25) is 9.48 Å². The molecule has 2 aromatic rings. The van der Waals surface area contributed by atoms with E-state index in [2.05, 4.69) is 26.3 Å². The lowest BCUT2D eigenvalue weighted by molar-refractivity contribution is -0.116. The van der Waals surface area contributed by atoms with Crippen molar-refractivity contribution in [3.63, 3.8) is 0 Å². The molecule has 1 aromatic carbocycles. The number of hydrogen-bond acceptors (Lipinski definition) is 2. The molecule has 0 radical (unpaired) electrons. The molecule has 18 heavy (non-hydrogen) atoms. The molecule has 0 unspecified atom stereocenters. The lowest BCUT2D eigenvalue weighted by atomic mass is 10.2. The van der Waals surface area contributed by atoms with Crippen LogP contribution in [0.3, 0.4) is 0 Å². The fourth-order valence-electron chi connectivity index (χ4n) is 1.54. The van der Waals surface area contributed by atoms with Crippen molar-refractivity contribution in [1.82, 2.24) is 9.78 Å². The molecule has 0 spiro atoms. The van der Waals surface area contributed by atoms with Gasteiger partial charge in [-0.1, -0.05) is 22.0 Å². The van der Waals surface area contributed by atoms with E-state index in [1.165, 1.54) is 0 Å². The Kier molecular flexibility index (Phi) is 4.15. The summed E-state index contributed by atoms with van der Waals surface area (Å²) in [6, 6.07) is 7.61. The van der Waals surface area contributed by atoms with Gasteiger partial charge in [0.1, 0.15) is 0 Å². The molecule has 2 rings (SSSR count). The number of hydrogen-bond donors (Lipinski definition) is 1. The molecule has 0 saturated heterocycles. The second-order valence-electron chi connectivity index (χ2n) is 4.03. The average Bonchev–Trinajstić information content (AvgIpc) is 2.84. The van der Waals surface area contributed by atoms with Crippen molar-refractivity contribution in [2.24, 2.45) is 0 Å². The van der Waals surface area contributed by atoms with Crippen molar-refractivity contribution in [3.8, 4) is 0 Å². The quantitative estimate of drug-likeness (QED) is 0.944. The topological polar surface area (TPSA) is 46.9 Å². The number of nitrogens with zero attached hydrogens (tertiary/aromatic N) is 2. The Morgan fingerprint density at radius 3 is 3.00 bits per heavy atom. The molecule has 0 saturated carbocycles. The number of nitrogens with one attached hydrogen (secondary N) is 1. The molecule has 0 aliphatic carbocycles. The number of anilines is 1. The first-order valence-electron chi connectivity index (χ1n) is 5.68. The maximum Gasteiger partial charge on any atom is 0.226 e. The smallest absolute Gasteiger partial charge is 0.226 e. The summed E-state index contributed by atoms with van der Waals surface area (Å²) in [5.41, 5.74) is 1.95. The van der Waals surface area contributed by atoms with Crippen LogP contribution < -0.4 is 5.32 Å². The predicted octanol–water partition coefficient (Wildman–Crippen LogP) is 2.98. The lowest BCUT2D eigenvalue weighted by Crippen LogP contribution is -2.14. The zero-order valence-electron chi connectivity index (χ0n) is 10.1. The van der Waals surface area contributed by atoms with Gasteiger partial charge in [-0.25, -0.2) is 0 Å². The van der Waals surface area contributed by atoms with Crippen LogP contribution in [-0.2, 0) is 11.3 Å². The average molecular weight is 308 g/mol. The summed E-state index contributed by atoms with van der Waals surface area (Å²) in [5.74, 6) is -0.0127. The third-order valence-corrected chi connectivity index (χ3v) is 3.44. The Morgan fingerprint density at radius 2 is 2.33 bits per heavy atom. The van der Waals surface area contributed by atoms with E-state index >= 15 is 0 Å². The van der Waals surface area contributed by atoms with E-state index in [1.54, 1.807) is 10.9 Å². The number of carbonyl (C=O) groups excluding carboxylic acids is 1. The highest BCUT2D eigenvalue weighted by molar-refractivity contribution is 9.10. The first-order valence-corrected chi connectivity index (χ1v) is 6.48. The molecule has 0 atom stereocenters. The second kappa shape index (κ2) is 5.82. The van der Waals surface area contributed by atoms with Gasteiger partial charge in [-0.2, -0.15) is 5.10 Å². The van der Waals surface area contributed by atoms with E-state index in [1.807, 2.05) is 37.4 Å². The molecule has 94 valence electrons. The van der Waals surface area contributed by atoms with E-state index in [9.17, 15) is 4.79 Å². The minimum Gasteiger partial charge on any atom is -0.326 e. The zero-order valence-corrected chi connectivity index (χ0v) is 11.6. The first kappa shape index (κ1) is 12.8. The van der Waals surface area contributed by atoms with Crippen LogP contribution >= 0.6 is 15.9 Å². The fourth-order valence-corrected chi connectivity index (χ4v) is 1.92. The standard InChI is InChI=1S/C13H14BrN3O/c1-10-3-4-11(9-12(10)14)16-13(18)5-8-17-7-2-6-15-17/h2-4,6-7,9H,5,8H2,1H3,(H,16,18). The highest BCUT2D eigenvalue weighted by atomic mass is 79.9. The van der Waals surface area contributed by atoms with Crippen LogP contribution in [0.15, 0.2) is 41.1 Å². The molecule has 1 aromatic heterocycles. The van der Waals surface area contributed by atoms with Crippen molar-refractivity contribution >= 4 is 27.5 Å². The maximum atomic E-state index is 11.7. The number of aryl methyl sites for hydroxylation is 2. The Labute approximate surface area is 114 Å². The van der Waals surface area contributed by atoms with Gasteiger partial charge in [-0.05, 0) is 30.7 Å². The van der Waals surface area contributed by atoms with E-state index in [0.717, 1.165) is 15.7 Å². The van der Waals surface area contributed by atoms with Gasteiger partial charge in [0.05, 0.1) is 0 Å².